The molecule has 0 unspecified atom stereocenters. The number of carbonyl (C=O) groups excluding carboxylic acids is 3. The maximum atomic E-state index is 13.4. The van der Waals surface area contributed by atoms with Crippen LogP contribution in [0.2, 0.25) is 0 Å². The Labute approximate surface area is 316 Å². The zero-order valence-corrected chi connectivity index (χ0v) is 31.5. The van der Waals surface area contributed by atoms with Gasteiger partial charge in [-0.25, -0.2) is 19.3 Å². The number of fused-ring (bicyclic) bond motifs is 1. The van der Waals surface area contributed by atoms with E-state index in [1.165, 1.54) is 12.8 Å². The van der Waals surface area contributed by atoms with Gasteiger partial charge in [0.05, 0.1) is 35.2 Å². The van der Waals surface area contributed by atoms with E-state index in [1.54, 1.807) is 29.1 Å². The number of amides is 3. The van der Waals surface area contributed by atoms with Crippen molar-refractivity contribution in [1.29, 1.82) is 0 Å². The lowest BCUT2D eigenvalue weighted by molar-refractivity contribution is -0.121. The molecule has 2 fully saturated rings. The number of benzene rings is 3. The smallest absolute Gasteiger partial charge is 0.324 e. The van der Waals surface area contributed by atoms with E-state index in [9.17, 15) is 14.4 Å². The normalized spacial score (nSPS) is 14.5. The molecule has 0 radical (unpaired) electrons. The van der Waals surface area contributed by atoms with Crippen LogP contribution in [0.15, 0.2) is 90.1 Å². The SMILES string of the molecule is Cc1ccc(-n2nc(C(C)(C)C)cc2NC(=O)Nc2ccc(Oc3ccnc(CC(=O)NC4CCCC4)c3)c3ccccc23)cc1.O=C=NC1CCCC1. The number of carbonyl (C=O) groups is 2. The maximum Gasteiger partial charge on any atom is 0.324 e. The second-order valence-corrected chi connectivity index (χ2v) is 15.1. The standard InChI is InChI=1S/C37H40N6O3.C6H9NO/c1-24-13-15-27(16-14-24)43-34(23-33(42-43)37(2,3)4)41-36(45)40-31-17-18-32(30-12-8-7-11-29(30)31)46-28-19-20-38-26(21-28)22-35(44)39-25-9-5-6-10-25;8-5-7-6-3-1-2-4-6/h7-8,11-21,23,25H,5-6,9-10,22H2,1-4H3,(H,39,44)(H2,40,41,45);6H,1-4H2. The fourth-order valence-corrected chi connectivity index (χ4v) is 6.82. The molecule has 5 aromatic rings. The second-order valence-electron chi connectivity index (χ2n) is 15.1. The van der Waals surface area contributed by atoms with Crippen LogP contribution in [-0.4, -0.2) is 44.9 Å². The first-order chi connectivity index (χ1) is 26.1. The van der Waals surface area contributed by atoms with Gasteiger partial charge in [-0.2, -0.15) is 5.10 Å². The zero-order valence-electron chi connectivity index (χ0n) is 31.5. The van der Waals surface area contributed by atoms with E-state index in [1.807, 2.05) is 73.7 Å². The Balaban J connectivity index is 0.000000552. The average Bonchev–Trinajstić information content (AvgIpc) is 3.94. The summed E-state index contributed by atoms with van der Waals surface area (Å²) in [6.45, 7) is 8.31. The predicted molar refractivity (Wildman–Crippen MR) is 212 cm³/mol. The number of nitrogens with one attached hydrogen (secondary N) is 3. The molecule has 2 aliphatic carbocycles. The second kappa shape index (κ2) is 17.4. The van der Waals surface area contributed by atoms with Gasteiger partial charge in [0, 0.05) is 40.6 Å². The van der Waals surface area contributed by atoms with E-state index in [0.717, 1.165) is 66.2 Å². The number of hydrogen-bond acceptors (Lipinski definition) is 7. The largest absolute Gasteiger partial charge is 0.457 e. The molecule has 0 bridgehead atoms. The highest BCUT2D eigenvalue weighted by atomic mass is 16.5. The monoisotopic (exact) mass is 727 g/mol. The van der Waals surface area contributed by atoms with Gasteiger partial charge in [-0.15, -0.1) is 0 Å². The van der Waals surface area contributed by atoms with Crippen LogP contribution in [0.4, 0.5) is 16.3 Å². The van der Waals surface area contributed by atoms with Crippen molar-refractivity contribution in [3.63, 3.8) is 0 Å². The van der Waals surface area contributed by atoms with Crippen molar-refractivity contribution in [3.05, 3.63) is 102 Å². The van der Waals surface area contributed by atoms with Crippen LogP contribution in [0.3, 0.4) is 0 Å². The minimum Gasteiger partial charge on any atom is -0.457 e. The van der Waals surface area contributed by atoms with Gasteiger partial charge >= 0.3 is 6.03 Å². The van der Waals surface area contributed by atoms with Crippen LogP contribution in [-0.2, 0) is 21.4 Å². The summed E-state index contributed by atoms with van der Waals surface area (Å²) >= 11 is 0. The first kappa shape index (κ1) is 37.9. The first-order valence-corrected chi connectivity index (χ1v) is 18.8. The predicted octanol–water partition coefficient (Wildman–Crippen LogP) is 9.33. The molecule has 0 atom stereocenters. The number of aromatic nitrogens is 3. The molecule has 7 rings (SSSR count). The molecule has 280 valence electrons. The number of aryl methyl sites for hydroxylation is 1. The summed E-state index contributed by atoms with van der Waals surface area (Å²) in [6.07, 6.45) is 12.5. The zero-order chi connectivity index (χ0) is 38.1. The fourth-order valence-electron chi connectivity index (χ4n) is 6.82. The highest BCUT2D eigenvalue weighted by Gasteiger charge is 2.22. The molecule has 3 N–H and O–H groups in total. The third-order valence-corrected chi connectivity index (χ3v) is 9.77. The Morgan fingerprint density at radius 2 is 1.59 bits per heavy atom. The number of ether oxygens (including phenoxy) is 1. The Morgan fingerprint density at radius 1 is 0.889 bits per heavy atom. The number of anilines is 2. The summed E-state index contributed by atoms with van der Waals surface area (Å²) in [5, 5.41) is 15.6. The molecule has 2 aromatic heterocycles. The van der Waals surface area contributed by atoms with Gasteiger partial charge in [0.15, 0.2) is 0 Å². The van der Waals surface area contributed by atoms with Crippen LogP contribution >= 0.6 is 0 Å². The van der Waals surface area contributed by atoms with Crippen molar-refractivity contribution in [2.24, 2.45) is 4.99 Å². The van der Waals surface area contributed by atoms with Gasteiger partial charge in [0.1, 0.15) is 17.3 Å². The summed E-state index contributed by atoms with van der Waals surface area (Å²) in [4.78, 5) is 43.6. The molecule has 54 heavy (non-hydrogen) atoms. The molecule has 3 amide bonds. The summed E-state index contributed by atoms with van der Waals surface area (Å²) < 4.78 is 8.06. The Morgan fingerprint density at radius 3 is 2.30 bits per heavy atom. The molecule has 0 aliphatic heterocycles. The number of nitrogens with zero attached hydrogens (tertiary/aromatic N) is 4. The lowest BCUT2D eigenvalue weighted by Gasteiger charge is -2.15. The molecular weight excluding hydrogens is 679 g/mol. The van der Waals surface area contributed by atoms with E-state index < -0.39 is 0 Å². The molecule has 11 nitrogen and oxygen atoms in total. The van der Waals surface area contributed by atoms with E-state index in [4.69, 9.17) is 9.84 Å². The van der Waals surface area contributed by atoms with Crippen molar-refractivity contribution >= 4 is 40.3 Å². The van der Waals surface area contributed by atoms with Gasteiger partial charge in [0.2, 0.25) is 12.0 Å². The lowest BCUT2D eigenvalue weighted by atomic mass is 9.92. The van der Waals surface area contributed by atoms with Crippen LogP contribution < -0.4 is 20.7 Å². The quantitative estimate of drug-likeness (QED) is 0.102. The van der Waals surface area contributed by atoms with E-state index in [0.29, 0.717) is 34.7 Å². The van der Waals surface area contributed by atoms with Gasteiger partial charge in [-0.1, -0.05) is 88.4 Å². The number of aliphatic imine (C=N–C) groups is 1. The van der Waals surface area contributed by atoms with E-state index >= 15 is 0 Å². The number of rotatable bonds is 9. The van der Waals surface area contributed by atoms with Crippen LogP contribution in [0.1, 0.15) is 89.1 Å². The van der Waals surface area contributed by atoms with Crippen molar-refractivity contribution in [2.45, 2.75) is 103 Å². The Bertz CT molecular complexity index is 2120. The first-order valence-electron chi connectivity index (χ1n) is 18.8. The van der Waals surface area contributed by atoms with Gasteiger partial charge < -0.3 is 15.4 Å². The minimum absolute atomic E-state index is 0.0211. The molecule has 3 aromatic carbocycles. The highest BCUT2D eigenvalue weighted by molar-refractivity contribution is 6.07. The van der Waals surface area contributed by atoms with Gasteiger partial charge in [0.25, 0.3) is 0 Å². The molecule has 2 aliphatic rings. The molecule has 11 heteroatoms. The van der Waals surface area contributed by atoms with Crippen LogP contribution in [0.5, 0.6) is 11.5 Å². The molecule has 0 saturated heterocycles. The highest BCUT2D eigenvalue weighted by Crippen LogP contribution is 2.35. The third kappa shape index (κ3) is 9.99. The number of isocyanates is 1. The van der Waals surface area contributed by atoms with E-state index in [2.05, 4.69) is 46.7 Å². The molecular formula is C43H49N7O4. The fraction of sp³-hybridized carbons (Fsp3) is 0.372. The minimum atomic E-state index is -0.387. The van der Waals surface area contributed by atoms with Crippen molar-refractivity contribution in [1.82, 2.24) is 20.1 Å². The summed E-state index contributed by atoms with van der Waals surface area (Å²) in [6, 6.07) is 25.1. The topological polar surface area (TPSA) is 140 Å². The van der Waals surface area contributed by atoms with Crippen LogP contribution in [0.25, 0.3) is 16.5 Å². The Hall–Kier alpha value is -5.80. The van der Waals surface area contributed by atoms with Crippen molar-refractivity contribution < 1.29 is 19.1 Å². The molecule has 0 spiro atoms. The number of urea groups is 1. The molecule has 2 heterocycles. The summed E-state index contributed by atoms with van der Waals surface area (Å²) in [5.74, 6) is 1.76. The summed E-state index contributed by atoms with van der Waals surface area (Å²) in [7, 11) is 0. The maximum absolute atomic E-state index is 13.4. The van der Waals surface area contributed by atoms with Gasteiger partial charge in [-0.05, 0) is 62.9 Å². The van der Waals surface area contributed by atoms with Crippen molar-refractivity contribution in [3.8, 4) is 17.2 Å². The third-order valence-electron chi connectivity index (χ3n) is 9.77. The van der Waals surface area contributed by atoms with Gasteiger partial charge in [-0.3, -0.25) is 15.1 Å². The van der Waals surface area contributed by atoms with Crippen LogP contribution in [0, 0.1) is 6.92 Å². The number of hydrogen-bond donors (Lipinski definition) is 3. The lowest BCUT2D eigenvalue weighted by Crippen LogP contribution is -2.33. The summed E-state index contributed by atoms with van der Waals surface area (Å²) in [5.41, 5.74) is 3.95. The van der Waals surface area contributed by atoms with E-state index in [-0.39, 0.29) is 29.8 Å². The Kier molecular flexibility index (Phi) is 12.2. The number of pyridine rings is 1. The average molecular weight is 728 g/mol. The van der Waals surface area contributed by atoms with Crippen molar-refractivity contribution in [2.75, 3.05) is 10.6 Å². The molecule has 2 saturated carbocycles.